The molecule has 0 amide bonds. The van der Waals surface area contributed by atoms with Gasteiger partial charge in [0.25, 0.3) is 0 Å². The number of likely N-dealkylation sites (N-methyl/N-ethyl adjacent to an activating group) is 1. The van der Waals surface area contributed by atoms with Crippen molar-refractivity contribution >= 4 is 0 Å². The fourth-order valence-electron chi connectivity index (χ4n) is 2.33. The molecule has 1 rings (SSSR count). The molecule has 0 radical (unpaired) electrons. The van der Waals surface area contributed by atoms with Crippen LogP contribution < -0.4 is 10.5 Å². The average molecular weight is 266 g/mol. The zero-order valence-electron chi connectivity index (χ0n) is 12.2. The lowest BCUT2D eigenvalue weighted by Crippen LogP contribution is -2.39. The van der Waals surface area contributed by atoms with E-state index in [2.05, 4.69) is 24.8 Å². The molecule has 19 heavy (non-hydrogen) atoms. The Morgan fingerprint density at radius 3 is 2.63 bits per heavy atom. The topological polar surface area (TPSA) is 58.7 Å². The minimum atomic E-state index is 0.00195. The van der Waals surface area contributed by atoms with E-state index in [0.29, 0.717) is 6.42 Å². The molecule has 0 bridgehead atoms. The second-order valence-electron chi connectivity index (χ2n) is 4.78. The minimum absolute atomic E-state index is 0.00195. The molecule has 0 aliphatic rings. The van der Waals surface area contributed by atoms with Gasteiger partial charge in [0.1, 0.15) is 5.75 Å². The molecule has 0 saturated heterocycles. The number of aliphatic hydroxyl groups is 1. The molecule has 1 aromatic carbocycles. The summed E-state index contributed by atoms with van der Waals surface area (Å²) in [5.74, 6) is 0.907. The van der Waals surface area contributed by atoms with Gasteiger partial charge in [-0.25, -0.2) is 0 Å². The van der Waals surface area contributed by atoms with Crippen molar-refractivity contribution in [1.82, 2.24) is 4.90 Å². The molecule has 3 N–H and O–H groups in total. The van der Waals surface area contributed by atoms with Crippen LogP contribution in [0.15, 0.2) is 24.3 Å². The highest BCUT2D eigenvalue weighted by Gasteiger charge is 2.19. The summed E-state index contributed by atoms with van der Waals surface area (Å²) in [6.07, 6.45) is 0.634. The molecule has 1 unspecified atom stereocenters. The van der Waals surface area contributed by atoms with E-state index in [1.165, 1.54) is 5.56 Å². The number of benzene rings is 1. The Labute approximate surface area is 116 Å². The van der Waals surface area contributed by atoms with Crippen molar-refractivity contribution in [2.24, 2.45) is 5.73 Å². The quantitative estimate of drug-likeness (QED) is 0.753. The second-order valence-corrected chi connectivity index (χ2v) is 4.78. The van der Waals surface area contributed by atoms with Crippen LogP contribution in [0.25, 0.3) is 0 Å². The van der Waals surface area contributed by atoms with Gasteiger partial charge in [-0.05, 0) is 26.0 Å². The van der Waals surface area contributed by atoms with Gasteiger partial charge in [-0.1, -0.05) is 25.1 Å². The van der Waals surface area contributed by atoms with Crippen LogP contribution in [0, 0.1) is 0 Å². The fourth-order valence-corrected chi connectivity index (χ4v) is 2.33. The Bertz CT molecular complexity index is 371. The van der Waals surface area contributed by atoms with E-state index in [0.717, 1.165) is 18.8 Å². The van der Waals surface area contributed by atoms with Crippen molar-refractivity contribution in [2.45, 2.75) is 32.4 Å². The maximum atomic E-state index is 8.94. The van der Waals surface area contributed by atoms with Gasteiger partial charge >= 0.3 is 0 Å². The molecular weight excluding hydrogens is 240 g/mol. The molecule has 4 heteroatoms. The van der Waals surface area contributed by atoms with E-state index in [9.17, 15) is 0 Å². The Morgan fingerprint density at radius 2 is 2.05 bits per heavy atom. The number of hydrogen-bond acceptors (Lipinski definition) is 4. The summed E-state index contributed by atoms with van der Waals surface area (Å²) in [5.41, 5.74) is 7.18. The SMILES string of the molecule is CCN(CC(N)CCO)[C@@H](C)c1ccccc1OC. The summed E-state index contributed by atoms with van der Waals surface area (Å²) in [4.78, 5) is 2.30. The third kappa shape index (κ3) is 4.49. The van der Waals surface area contributed by atoms with E-state index in [1.54, 1.807) is 7.11 Å². The highest BCUT2D eigenvalue weighted by atomic mass is 16.5. The van der Waals surface area contributed by atoms with Crippen LogP contribution in [0.5, 0.6) is 5.75 Å². The molecule has 1 aromatic rings. The van der Waals surface area contributed by atoms with Gasteiger partial charge < -0.3 is 15.6 Å². The molecule has 108 valence electrons. The monoisotopic (exact) mass is 266 g/mol. The van der Waals surface area contributed by atoms with Crippen LogP contribution in [0.3, 0.4) is 0 Å². The first kappa shape index (κ1) is 16.0. The van der Waals surface area contributed by atoms with Crippen LogP contribution >= 0.6 is 0 Å². The number of ether oxygens (including phenoxy) is 1. The summed E-state index contributed by atoms with van der Waals surface area (Å²) in [5, 5.41) is 8.94. The third-order valence-corrected chi connectivity index (χ3v) is 3.51. The number of methoxy groups -OCH3 is 1. The summed E-state index contributed by atoms with van der Waals surface area (Å²) in [6.45, 7) is 6.11. The summed E-state index contributed by atoms with van der Waals surface area (Å²) in [7, 11) is 1.69. The first-order valence-corrected chi connectivity index (χ1v) is 6.87. The molecule has 4 nitrogen and oxygen atoms in total. The van der Waals surface area contributed by atoms with E-state index in [-0.39, 0.29) is 18.7 Å². The number of nitrogens with zero attached hydrogens (tertiary/aromatic N) is 1. The highest BCUT2D eigenvalue weighted by Crippen LogP contribution is 2.28. The number of para-hydroxylation sites is 1. The Balaban J connectivity index is 2.80. The van der Waals surface area contributed by atoms with Gasteiger partial charge in [-0.15, -0.1) is 0 Å². The molecule has 0 aliphatic carbocycles. The molecule has 0 saturated carbocycles. The van der Waals surface area contributed by atoms with Gasteiger partial charge in [0.05, 0.1) is 7.11 Å². The molecule has 0 aliphatic heterocycles. The molecule has 0 spiro atoms. The largest absolute Gasteiger partial charge is 0.496 e. The van der Waals surface area contributed by atoms with E-state index in [1.807, 2.05) is 18.2 Å². The van der Waals surface area contributed by atoms with Crippen LogP contribution in [0.2, 0.25) is 0 Å². The number of rotatable bonds is 8. The van der Waals surface area contributed by atoms with Crippen molar-refractivity contribution < 1.29 is 9.84 Å². The van der Waals surface area contributed by atoms with Gasteiger partial charge in [0.15, 0.2) is 0 Å². The lowest BCUT2D eigenvalue weighted by molar-refractivity contribution is 0.188. The second kappa shape index (κ2) is 8.15. The fraction of sp³-hybridized carbons (Fsp3) is 0.600. The third-order valence-electron chi connectivity index (χ3n) is 3.51. The Morgan fingerprint density at radius 1 is 1.37 bits per heavy atom. The highest BCUT2D eigenvalue weighted by molar-refractivity contribution is 5.35. The summed E-state index contributed by atoms with van der Waals surface area (Å²) in [6, 6.07) is 8.31. The molecular formula is C15H26N2O2. The van der Waals surface area contributed by atoms with Gasteiger partial charge in [0.2, 0.25) is 0 Å². The van der Waals surface area contributed by atoms with Crippen molar-refractivity contribution in [3.63, 3.8) is 0 Å². The van der Waals surface area contributed by atoms with Crippen LogP contribution in [0.1, 0.15) is 31.9 Å². The lowest BCUT2D eigenvalue weighted by atomic mass is 10.0. The molecule has 0 heterocycles. The smallest absolute Gasteiger partial charge is 0.123 e. The number of nitrogens with two attached hydrogens (primary N) is 1. The van der Waals surface area contributed by atoms with E-state index in [4.69, 9.17) is 15.6 Å². The summed E-state index contributed by atoms with van der Waals surface area (Å²) >= 11 is 0. The molecule has 0 fully saturated rings. The first-order valence-electron chi connectivity index (χ1n) is 6.87. The maximum absolute atomic E-state index is 8.94. The zero-order valence-corrected chi connectivity index (χ0v) is 12.2. The van der Waals surface area contributed by atoms with Crippen LogP contribution in [0.4, 0.5) is 0 Å². The minimum Gasteiger partial charge on any atom is -0.496 e. The van der Waals surface area contributed by atoms with Gasteiger partial charge in [-0.3, -0.25) is 4.90 Å². The van der Waals surface area contributed by atoms with Crippen LogP contribution in [-0.2, 0) is 0 Å². The Hall–Kier alpha value is -1.10. The van der Waals surface area contributed by atoms with E-state index < -0.39 is 0 Å². The number of hydrogen-bond donors (Lipinski definition) is 2. The van der Waals surface area contributed by atoms with Crippen molar-refractivity contribution in [3.05, 3.63) is 29.8 Å². The lowest BCUT2D eigenvalue weighted by Gasteiger charge is -2.31. The van der Waals surface area contributed by atoms with Crippen molar-refractivity contribution in [2.75, 3.05) is 26.8 Å². The Kier molecular flexibility index (Phi) is 6.84. The van der Waals surface area contributed by atoms with Crippen molar-refractivity contribution in [1.29, 1.82) is 0 Å². The maximum Gasteiger partial charge on any atom is 0.123 e. The predicted octanol–water partition coefficient (Wildman–Crippen LogP) is 1.79. The first-order chi connectivity index (χ1) is 9.13. The standard InChI is InChI=1S/C15H26N2O2/c1-4-17(11-13(16)9-10-18)12(2)14-7-5-6-8-15(14)19-3/h5-8,12-13,18H,4,9-11,16H2,1-3H3/t12-,13?/m0/s1. The molecule has 0 aromatic heterocycles. The molecule has 2 atom stereocenters. The predicted molar refractivity (Wildman–Crippen MR) is 78.3 cm³/mol. The van der Waals surface area contributed by atoms with Gasteiger partial charge in [0, 0.05) is 30.8 Å². The van der Waals surface area contributed by atoms with Crippen LogP contribution in [-0.4, -0.2) is 42.9 Å². The van der Waals surface area contributed by atoms with Gasteiger partial charge in [-0.2, -0.15) is 0 Å². The zero-order chi connectivity index (χ0) is 14.3. The average Bonchev–Trinajstić information content (AvgIpc) is 2.44. The normalized spacial score (nSPS) is 14.4. The van der Waals surface area contributed by atoms with Crippen molar-refractivity contribution in [3.8, 4) is 5.75 Å². The summed E-state index contributed by atoms with van der Waals surface area (Å²) < 4.78 is 5.42. The number of aliphatic hydroxyl groups excluding tert-OH is 1. The van der Waals surface area contributed by atoms with E-state index >= 15 is 0 Å².